The molecule has 0 rings (SSSR count). The second-order valence-corrected chi connectivity index (χ2v) is 7.46. The van der Waals surface area contributed by atoms with Gasteiger partial charge in [-0.3, -0.25) is 0 Å². The SMILES string of the molecule is CC(C)C(C#N)(C(C)C)C(OOP(O)O)(C(C)C)C(C)C. The Balaban J connectivity index is 6.23. The van der Waals surface area contributed by atoms with E-state index in [9.17, 15) is 5.26 Å². The molecule has 0 atom stereocenters. The van der Waals surface area contributed by atoms with Crippen LogP contribution in [0.15, 0.2) is 0 Å². The molecule has 0 aromatic heterocycles. The lowest BCUT2D eigenvalue weighted by Crippen LogP contribution is -2.61. The van der Waals surface area contributed by atoms with E-state index >= 15 is 0 Å². The smallest absolute Gasteiger partial charge is 0.327 e. The summed E-state index contributed by atoms with van der Waals surface area (Å²) in [4.78, 5) is 23.8. The number of hydrogen-bond acceptors (Lipinski definition) is 5. The number of rotatable bonds is 8. The number of hydrogen-bond donors (Lipinski definition) is 2. The fraction of sp³-hybridized carbons (Fsp3) is 0.933. The van der Waals surface area contributed by atoms with Crippen LogP contribution in [-0.4, -0.2) is 15.4 Å². The minimum Gasteiger partial charge on any atom is -0.327 e. The maximum atomic E-state index is 10.0. The van der Waals surface area contributed by atoms with Gasteiger partial charge in [0.1, 0.15) is 5.60 Å². The van der Waals surface area contributed by atoms with Gasteiger partial charge < -0.3 is 9.79 Å². The van der Waals surface area contributed by atoms with E-state index < -0.39 is 19.6 Å². The Morgan fingerprint density at radius 2 is 1.24 bits per heavy atom. The first-order valence-electron chi connectivity index (χ1n) is 7.45. The minimum absolute atomic E-state index is 0.0134. The first-order chi connectivity index (χ1) is 9.50. The molecule has 0 radical (unpaired) electrons. The lowest BCUT2D eigenvalue weighted by Gasteiger charge is -2.54. The van der Waals surface area contributed by atoms with Crippen LogP contribution in [0.2, 0.25) is 0 Å². The Labute approximate surface area is 130 Å². The van der Waals surface area contributed by atoms with Crippen molar-refractivity contribution in [3.8, 4) is 6.07 Å². The molecule has 0 bridgehead atoms. The van der Waals surface area contributed by atoms with Crippen LogP contribution in [0.3, 0.4) is 0 Å². The van der Waals surface area contributed by atoms with Gasteiger partial charge in [0.05, 0.1) is 11.5 Å². The first-order valence-corrected chi connectivity index (χ1v) is 8.62. The second-order valence-electron chi connectivity index (χ2n) is 6.80. The summed E-state index contributed by atoms with van der Waals surface area (Å²) in [6, 6.07) is 2.48. The Kier molecular flexibility index (Phi) is 7.76. The molecule has 5 nitrogen and oxygen atoms in total. The van der Waals surface area contributed by atoms with Crippen molar-refractivity contribution in [3.63, 3.8) is 0 Å². The predicted molar refractivity (Wildman–Crippen MR) is 83.7 cm³/mol. The molecule has 0 aliphatic carbocycles. The average molecular weight is 319 g/mol. The summed E-state index contributed by atoms with van der Waals surface area (Å²) < 4.78 is 4.76. The van der Waals surface area contributed by atoms with Gasteiger partial charge in [0, 0.05) is 0 Å². The predicted octanol–water partition coefficient (Wildman–Crippen LogP) is 4.02. The molecule has 21 heavy (non-hydrogen) atoms. The molecule has 6 heteroatoms. The maximum Gasteiger partial charge on any atom is 0.357 e. The third-order valence-corrected chi connectivity index (χ3v) is 4.82. The van der Waals surface area contributed by atoms with E-state index in [1.54, 1.807) is 0 Å². The first kappa shape index (κ1) is 20.8. The fourth-order valence-electron chi connectivity index (χ4n) is 3.89. The Morgan fingerprint density at radius 1 is 0.857 bits per heavy atom. The maximum absolute atomic E-state index is 10.0. The normalized spacial score (nSPS) is 13.8. The largest absolute Gasteiger partial charge is 0.357 e. The third-order valence-electron chi connectivity index (χ3n) is 4.61. The Bertz CT molecular complexity index is 345. The molecule has 0 saturated carbocycles. The Morgan fingerprint density at radius 3 is 1.43 bits per heavy atom. The van der Waals surface area contributed by atoms with Crippen molar-refractivity contribution in [1.29, 1.82) is 5.26 Å². The van der Waals surface area contributed by atoms with Gasteiger partial charge in [-0.15, -0.1) is 0 Å². The molecule has 0 amide bonds. The highest BCUT2D eigenvalue weighted by atomic mass is 31.2. The quantitative estimate of drug-likeness (QED) is 0.401. The van der Waals surface area contributed by atoms with Gasteiger partial charge in [-0.1, -0.05) is 55.4 Å². The molecule has 0 aromatic rings. The van der Waals surface area contributed by atoms with E-state index in [4.69, 9.17) is 19.3 Å². The molecule has 0 heterocycles. The van der Waals surface area contributed by atoms with Crippen molar-refractivity contribution >= 4 is 8.60 Å². The monoisotopic (exact) mass is 319 g/mol. The van der Waals surface area contributed by atoms with Crippen LogP contribution < -0.4 is 0 Å². The topological polar surface area (TPSA) is 82.7 Å². The number of nitriles is 1. The molecule has 124 valence electrons. The van der Waals surface area contributed by atoms with Crippen molar-refractivity contribution in [1.82, 2.24) is 0 Å². The minimum atomic E-state index is -2.64. The van der Waals surface area contributed by atoms with E-state index in [0.29, 0.717) is 0 Å². The molecule has 0 spiro atoms. The van der Waals surface area contributed by atoms with Gasteiger partial charge in [-0.25, -0.2) is 4.89 Å². The van der Waals surface area contributed by atoms with Gasteiger partial charge >= 0.3 is 8.60 Å². The van der Waals surface area contributed by atoms with Crippen LogP contribution in [-0.2, 0) is 9.56 Å². The molecule has 0 aliphatic rings. The zero-order chi connectivity index (χ0) is 17.0. The molecule has 0 aromatic carbocycles. The van der Waals surface area contributed by atoms with Crippen LogP contribution in [0.25, 0.3) is 0 Å². The van der Waals surface area contributed by atoms with Crippen LogP contribution in [0.5, 0.6) is 0 Å². The zero-order valence-electron chi connectivity index (χ0n) is 14.4. The fourth-order valence-corrected chi connectivity index (χ4v) is 4.08. The van der Waals surface area contributed by atoms with Crippen molar-refractivity contribution in [2.75, 3.05) is 0 Å². The van der Waals surface area contributed by atoms with Gasteiger partial charge in [0.15, 0.2) is 0 Å². The van der Waals surface area contributed by atoms with E-state index in [2.05, 4.69) is 6.07 Å². The Hall–Kier alpha value is -0.240. The standard InChI is InChI=1S/C15H30NO4P/c1-10(2)14(9-16,11(3)4)15(12(5)6,13(7)8)19-20-21(17)18/h10-13,17-18H,1-8H3. The molecular formula is C15H30NO4P. The summed E-state index contributed by atoms with van der Waals surface area (Å²) in [5, 5.41) is 10.0. The van der Waals surface area contributed by atoms with Crippen LogP contribution in [0.4, 0.5) is 0 Å². The second kappa shape index (κ2) is 7.85. The summed E-state index contributed by atoms with van der Waals surface area (Å²) in [6.45, 7) is 15.8. The molecule has 0 saturated heterocycles. The molecule has 2 N–H and O–H groups in total. The van der Waals surface area contributed by atoms with E-state index in [-0.39, 0.29) is 23.7 Å². The molecular weight excluding hydrogens is 289 g/mol. The highest BCUT2D eigenvalue weighted by Crippen LogP contribution is 2.55. The van der Waals surface area contributed by atoms with Gasteiger partial charge in [-0.2, -0.15) is 9.94 Å². The van der Waals surface area contributed by atoms with Crippen molar-refractivity contribution in [2.24, 2.45) is 29.1 Å². The molecule has 0 fully saturated rings. The van der Waals surface area contributed by atoms with Crippen LogP contribution >= 0.6 is 8.60 Å². The molecule has 0 aliphatic heterocycles. The summed E-state index contributed by atoms with van der Waals surface area (Å²) in [5.41, 5.74) is -1.77. The van der Waals surface area contributed by atoms with E-state index in [1.165, 1.54) is 0 Å². The van der Waals surface area contributed by atoms with Crippen molar-refractivity contribution in [2.45, 2.75) is 61.0 Å². The third kappa shape index (κ3) is 3.57. The average Bonchev–Trinajstić information content (AvgIpc) is 2.32. The van der Waals surface area contributed by atoms with E-state index in [0.717, 1.165) is 0 Å². The molecule has 0 unspecified atom stereocenters. The highest BCUT2D eigenvalue weighted by molar-refractivity contribution is 7.39. The van der Waals surface area contributed by atoms with Crippen molar-refractivity contribution in [3.05, 3.63) is 0 Å². The summed E-state index contributed by atoms with van der Waals surface area (Å²) >= 11 is 0. The van der Waals surface area contributed by atoms with Gasteiger partial charge in [-0.05, 0) is 23.7 Å². The van der Waals surface area contributed by atoms with Crippen LogP contribution in [0, 0.1) is 40.4 Å². The summed E-state index contributed by atoms with van der Waals surface area (Å²) in [5.74, 6) is -0.0622. The van der Waals surface area contributed by atoms with Crippen molar-refractivity contribution < 1.29 is 19.3 Å². The van der Waals surface area contributed by atoms with Gasteiger partial charge in [0.2, 0.25) is 0 Å². The summed E-state index contributed by atoms with van der Waals surface area (Å²) in [7, 11) is -2.64. The van der Waals surface area contributed by atoms with E-state index in [1.807, 2.05) is 55.4 Å². The summed E-state index contributed by atoms with van der Waals surface area (Å²) in [6.07, 6.45) is 0. The van der Waals surface area contributed by atoms with Crippen LogP contribution in [0.1, 0.15) is 55.4 Å². The highest BCUT2D eigenvalue weighted by Gasteiger charge is 2.61. The zero-order valence-corrected chi connectivity index (χ0v) is 15.3. The van der Waals surface area contributed by atoms with Gasteiger partial charge in [0.25, 0.3) is 0 Å². The lowest BCUT2D eigenvalue weighted by molar-refractivity contribution is -0.362. The number of nitrogens with zero attached hydrogens (tertiary/aromatic N) is 1. The lowest BCUT2D eigenvalue weighted by atomic mass is 9.53.